The number of rotatable bonds is 1. The van der Waals surface area contributed by atoms with Gasteiger partial charge in [0.1, 0.15) is 11.4 Å². The maximum Gasteiger partial charge on any atom is 0.227 e. The summed E-state index contributed by atoms with van der Waals surface area (Å²) in [5.41, 5.74) is 4.57. The van der Waals surface area contributed by atoms with Crippen molar-refractivity contribution in [1.82, 2.24) is 14.5 Å². The Balaban J connectivity index is 1.90. The largest absolute Gasteiger partial charge is 0.437 e. The van der Waals surface area contributed by atoms with Crippen LogP contribution in [0.1, 0.15) is 0 Å². The lowest BCUT2D eigenvalue weighted by Crippen LogP contribution is -1.92. The van der Waals surface area contributed by atoms with Gasteiger partial charge in [-0.1, -0.05) is 24.3 Å². The molecule has 0 saturated heterocycles. The normalized spacial score (nSPS) is 11.7. The molecule has 0 N–H and O–H groups in total. The van der Waals surface area contributed by atoms with Crippen LogP contribution in [0.15, 0.2) is 65.2 Å². The van der Waals surface area contributed by atoms with E-state index < -0.39 is 0 Å². The number of fused-ring (bicyclic) bond motifs is 4. The summed E-state index contributed by atoms with van der Waals surface area (Å²) in [6, 6.07) is 18.3. The van der Waals surface area contributed by atoms with E-state index in [0.29, 0.717) is 5.71 Å². The molecule has 0 atom stereocenters. The molecule has 3 aromatic heterocycles. The summed E-state index contributed by atoms with van der Waals surface area (Å²) < 4.78 is 8.13. The predicted octanol–water partition coefficient (Wildman–Crippen LogP) is 4.53. The van der Waals surface area contributed by atoms with Crippen molar-refractivity contribution in [1.29, 1.82) is 0 Å². The summed E-state index contributed by atoms with van der Waals surface area (Å²) in [4.78, 5) is 9.11. The first-order valence-corrected chi connectivity index (χ1v) is 7.51. The number of pyridine rings is 1. The van der Waals surface area contributed by atoms with Gasteiger partial charge in [0.15, 0.2) is 0 Å². The number of aryl methyl sites for hydroxylation is 1. The molecule has 0 aliphatic rings. The highest BCUT2D eigenvalue weighted by molar-refractivity contribution is 6.08. The summed E-state index contributed by atoms with van der Waals surface area (Å²) in [7, 11) is 2.03. The van der Waals surface area contributed by atoms with Gasteiger partial charge >= 0.3 is 0 Å². The minimum Gasteiger partial charge on any atom is -0.437 e. The van der Waals surface area contributed by atoms with Gasteiger partial charge in [-0.05, 0) is 30.3 Å². The number of imidazole rings is 1. The molecule has 4 heteroatoms. The molecule has 0 bridgehead atoms. The van der Waals surface area contributed by atoms with Crippen LogP contribution in [0, 0.1) is 0 Å². The molecule has 0 saturated carbocycles. The zero-order valence-electron chi connectivity index (χ0n) is 12.5. The van der Waals surface area contributed by atoms with Gasteiger partial charge in [0.25, 0.3) is 0 Å². The number of furan rings is 1. The summed E-state index contributed by atoms with van der Waals surface area (Å²) in [5, 5.41) is 2.10. The van der Waals surface area contributed by atoms with Crippen LogP contribution in [0.4, 0.5) is 0 Å². The van der Waals surface area contributed by atoms with Crippen molar-refractivity contribution < 1.29 is 4.42 Å². The van der Waals surface area contributed by atoms with Crippen molar-refractivity contribution in [2.45, 2.75) is 0 Å². The van der Waals surface area contributed by atoms with Crippen molar-refractivity contribution >= 4 is 33.1 Å². The number of aromatic nitrogens is 3. The Labute approximate surface area is 132 Å². The van der Waals surface area contributed by atoms with E-state index >= 15 is 0 Å². The van der Waals surface area contributed by atoms with Crippen molar-refractivity contribution in [2.24, 2.45) is 7.05 Å². The van der Waals surface area contributed by atoms with Crippen LogP contribution < -0.4 is 0 Å². The standard InChI is InChI=1S/C19H13N3O/c1-22-16-10-3-2-9-15(16)21-18(22)14-7-4-6-12-13-8-5-11-20-19(13)23-17(12)14/h2-11H,1H3. The fraction of sp³-hybridized carbons (Fsp3) is 0.0526. The quantitative estimate of drug-likeness (QED) is 0.456. The number of hydrogen-bond acceptors (Lipinski definition) is 3. The van der Waals surface area contributed by atoms with Gasteiger partial charge in [-0.3, -0.25) is 0 Å². The van der Waals surface area contributed by atoms with Crippen molar-refractivity contribution in [3.05, 3.63) is 60.8 Å². The van der Waals surface area contributed by atoms with Crippen molar-refractivity contribution in [3.63, 3.8) is 0 Å². The minimum atomic E-state index is 0.661. The lowest BCUT2D eigenvalue weighted by atomic mass is 10.1. The van der Waals surface area contributed by atoms with Crippen LogP contribution in [0.2, 0.25) is 0 Å². The van der Waals surface area contributed by atoms with E-state index in [-0.39, 0.29) is 0 Å². The maximum atomic E-state index is 6.02. The molecule has 5 rings (SSSR count). The monoisotopic (exact) mass is 299 g/mol. The molecule has 0 aliphatic heterocycles. The molecule has 0 aliphatic carbocycles. The number of nitrogens with zero attached hydrogens (tertiary/aromatic N) is 3. The van der Waals surface area contributed by atoms with E-state index in [9.17, 15) is 0 Å². The lowest BCUT2D eigenvalue weighted by molar-refractivity contribution is 0.654. The van der Waals surface area contributed by atoms with Crippen molar-refractivity contribution in [2.75, 3.05) is 0 Å². The third-order valence-corrected chi connectivity index (χ3v) is 4.30. The molecule has 0 amide bonds. The molecule has 0 spiro atoms. The average Bonchev–Trinajstić information content (AvgIpc) is 3.13. The molecule has 110 valence electrons. The van der Waals surface area contributed by atoms with Crippen LogP contribution in [-0.2, 0) is 7.05 Å². The number of para-hydroxylation sites is 3. The van der Waals surface area contributed by atoms with Gasteiger partial charge in [0.2, 0.25) is 5.71 Å². The highest BCUT2D eigenvalue weighted by atomic mass is 16.3. The van der Waals surface area contributed by atoms with Gasteiger partial charge in [-0.25, -0.2) is 9.97 Å². The first-order chi connectivity index (χ1) is 11.3. The second-order valence-corrected chi connectivity index (χ2v) is 5.62. The molecule has 23 heavy (non-hydrogen) atoms. The van der Waals surface area contributed by atoms with Gasteiger partial charge in [0.05, 0.1) is 16.6 Å². The Hall–Kier alpha value is -3.14. The van der Waals surface area contributed by atoms with Crippen LogP contribution in [0.25, 0.3) is 44.5 Å². The maximum absolute atomic E-state index is 6.02. The molecule has 3 heterocycles. The predicted molar refractivity (Wildman–Crippen MR) is 91.2 cm³/mol. The van der Waals surface area contributed by atoms with Crippen LogP contribution >= 0.6 is 0 Å². The molecule has 4 nitrogen and oxygen atoms in total. The first kappa shape index (κ1) is 12.4. The van der Waals surface area contributed by atoms with E-state index in [1.165, 1.54) is 0 Å². The second kappa shape index (κ2) is 4.43. The third kappa shape index (κ3) is 1.66. The summed E-state index contributed by atoms with van der Waals surface area (Å²) >= 11 is 0. The van der Waals surface area contributed by atoms with Crippen LogP contribution in [0.5, 0.6) is 0 Å². The van der Waals surface area contributed by atoms with Gasteiger partial charge in [0, 0.05) is 24.0 Å². The summed E-state index contributed by atoms with van der Waals surface area (Å²) in [6.45, 7) is 0. The molecule has 2 aromatic carbocycles. The Bertz CT molecular complexity index is 1180. The SMILES string of the molecule is Cn1c(-c2cccc3c2oc2ncccc23)nc2ccccc21. The van der Waals surface area contributed by atoms with Gasteiger partial charge in [-0.15, -0.1) is 0 Å². The van der Waals surface area contributed by atoms with Gasteiger partial charge < -0.3 is 8.98 Å². The topological polar surface area (TPSA) is 43.9 Å². The summed E-state index contributed by atoms with van der Waals surface area (Å²) in [5.74, 6) is 0.899. The highest BCUT2D eigenvalue weighted by Crippen LogP contribution is 2.35. The Kier molecular flexibility index (Phi) is 2.39. The zero-order chi connectivity index (χ0) is 15.4. The third-order valence-electron chi connectivity index (χ3n) is 4.30. The van der Waals surface area contributed by atoms with E-state index in [0.717, 1.165) is 38.8 Å². The summed E-state index contributed by atoms with van der Waals surface area (Å²) in [6.07, 6.45) is 1.75. The van der Waals surface area contributed by atoms with E-state index in [1.807, 2.05) is 49.5 Å². The molecule has 0 radical (unpaired) electrons. The zero-order valence-corrected chi connectivity index (χ0v) is 12.5. The number of benzene rings is 2. The molecular formula is C19H13N3O. The Morgan fingerprint density at radius 1 is 0.913 bits per heavy atom. The number of hydrogen-bond donors (Lipinski definition) is 0. The molecule has 5 aromatic rings. The van der Waals surface area contributed by atoms with Gasteiger partial charge in [-0.2, -0.15) is 0 Å². The van der Waals surface area contributed by atoms with E-state index in [1.54, 1.807) is 6.20 Å². The Morgan fingerprint density at radius 3 is 2.70 bits per heavy atom. The highest BCUT2D eigenvalue weighted by Gasteiger charge is 2.16. The van der Waals surface area contributed by atoms with E-state index in [4.69, 9.17) is 9.40 Å². The average molecular weight is 299 g/mol. The first-order valence-electron chi connectivity index (χ1n) is 7.51. The molecule has 0 unspecified atom stereocenters. The Morgan fingerprint density at radius 2 is 1.78 bits per heavy atom. The second-order valence-electron chi connectivity index (χ2n) is 5.62. The minimum absolute atomic E-state index is 0.661. The lowest BCUT2D eigenvalue weighted by Gasteiger charge is -2.03. The van der Waals surface area contributed by atoms with E-state index in [2.05, 4.69) is 21.7 Å². The van der Waals surface area contributed by atoms with Crippen LogP contribution in [0.3, 0.4) is 0 Å². The van der Waals surface area contributed by atoms with Crippen LogP contribution in [-0.4, -0.2) is 14.5 Å². The molecular weight excluding hydrogens is 286 g/mol. The smallest absolute Gasteiger partial charge is 0.227 e. The fourth-order valence-electron chi connectivity index (χ4n) is 3.20. The molecule has 0 fully saturated rings. The fourth-order valence-corrected chi connectivity index (χ4v) is 3.20. The van der Waals surface area contributed by atoms with Crippen molar-refractivity contribution in [3.8, 4) is 11.4 Å².